The van der Waals surface area contributed by atoms with E-state index in [0.29, 0.717) is 22.6 Å². The van der Waals surface area contributed by atoms with Crippen molar-refractivity contribution in [3.63, 3.8) is 0 Å². The van der Waals surface area contributed by atoms with Crippen molar-refractivity contribution in [2.75, 3.05) is 12.0 Å². The second-order valence-corrected chi connectivity index (χ2v) is 7.16. The number of carbonyl (C=O) groups is 3. The van der Waals surface area contributed by atoms with E-state index in [2.05, 4.69) is 0 Å². The van der Waals surface area contributed by atoms with E-state index in [-0.39, 0.29) is 16.9 Å². The average molecular weight is 429 g/mol. The van der Waals surface area contributed by atoms with Crippen molar-refractivity contribution in [1.82, 2.24) is 0 Å². The van der Waals surface area contributed by atoms with E-state index < -0.39 is 23.7 Å². The summed E-state index contributed by atoms with van der Waals surface area (Å²) in [4.78, 5) is 38.6. The lowest BCUT2D eigenvalue weighted by Gasteiger charge is -2.25. The number of hydrogen-bond donors (Lipinski definition) is 2. The van der Waals surface area contributed by atoms with Crippen LogP contribution < -0.4 is 9.64 Å². The first-order valence-corrected chi connectivity index (χ1v) is 9.76. The number of aromatic carboxylic acids is 1. The zero-order chi connectivity index (χ0) is 22.8. The van der Waals surface area contributed by atoms with E-state index in [0.717, 1.165) is 0 Å². The molecule has 160 valence electrons. The molecule has 0 radical (unpaired) electrons. The number of anilines is 1. The van der Waals surface area contributed by atoms with Gasteiger partial charge in [0, 0.05) is 11.3 Å². The molecule has 7 heteroatoms. The van der Waals surface area contributed by atoms with E-state index in [1.807, 2.05) is 0 Å². The Morgan fingerprint density at radius 2 is 1.47 bits per heavy atom. The molecule has 0 saturated carbocycles. The van der Waals surface area contributed by atoms with Crippen molar-refractivity contribution in [1.29, 1.82) is 0 Å². The number of ketones is 1. The summed E-state index contributed by atoms with van der Waals surface area (Å²) < 4.78 is 5.20. The molecule has 3 aromatic carbocycles. The number of methoxy groups -OCH3 is 1. The number of aliphatic hydroxyl groups is 1. The minimum absolute atomic E-state index is 0.0475. The molecule has 1 atom stereocenters. The van der Waals surface area contributed by atoms with Crippen LogP contribution in [0.25, 0.3) is 5.76 Å². The Morgan fingerprint density at radius 3 is 2.03 bits per heavy atom. The first kappa shape index (κ1) is 20.9. The van der Waals surface area contributed by atoms with Crippen molar-refractivity contribution in [2.45, 2.75) is 6.04 Å². The number of ether oxygens (including phenoxy) is 1. The Morgan fingerprint density at radius 1 is 0.844 bits per heavy atom. The van der Waals surface area contributed by atoms with Gasteiger partial charge in [-0.15, -0.1) is 0 Å². The smallest absolute Gasteiger partial charge is 0.335 e. The third-order valence-corrected chi connectivity index (χ3v) is 5.32. The number of nitrogens with zero attached hydrogens (tertiary/aromatic N) is 1. The van der Waals surface area contributed by atoms with E-state index in [9.17, 15) is 19.5 Å². The van der Waals surface area contributed by atoms with Crippen LogP contribution in [0.2, 0.25) is 0 Å². The van der Waals surface area contributed by atoms with Gasteiger partial charge in [0.15, 0.2) is 0 Å². The summed E-state index contributed by atoms with van der Waals surface area (Å²) in [5.41, 5.74) is 1.34. The predicted octanol–water partition coefficient (Wildman–Crippen LogP) is 4.02. The number of rotatable bonds is 5. The van der Waals surface area contributed by atoms with Gasteiger partial charge in [0.1, 0.15) is 11.5 Å². The minimum Gasteiger partial charge on any atom is -0.507 e. The molecular formula is C25H19NO6. The van der Waals surface area contributed by atoms with Gasteiger partial charge in [-0.05, 0) is 42.0 Å². The fraction of sp³-hybridized carbons (Fsp3) is 0.0800. The maximum absolute atomic E-state index is 13.1. The molecule has 0 bridgehead atoms. The number of hydrogen-bond acceptors (Lipinski definition) is 5. The Kier molecular flexibility index (Phi) is 5.47. The maximum Gasteiger partial charge on any atom is 0.335 e. The number of carboxylic acids is 1. The summed E-state index contributed by atoms with van der Waals surface area (Å²) in [6, 6.07) is 20.1. The fourth-order valence-corrected chi connectivity index (χ4v) is 3.72. The third kappa shape index (κ3) is 3.60. The Hall–Kier alpha value is -4.39. The topological polar surface area (TPSA) is 104 Å². The molecule has 1 amide bonds. The number of amides is 1. The van der Waals surface area contributed by atoms with Crippen LogP contribution in [0.15, 0.2) is 84.4 Å². The second kappa shape index (κ2) is 8.39. The SMILES string of the molecule is COc1ccc([C@H]2C(=C(O)c3ccccc3)C(=O)C(=O)N2c2ccc(C(=O)O)cc2)cc1. The molecule has 0 aliphatic carbocycles. The Balaban J connectivity index is 1.90. The van der Waals surface area contributed by atoms with Crippen molar-refractivity contribution >= 4 is 29.1 Å². The van der Waals surface area contributed by atoms with E-state index in [1.54, 1.807) is 54.6 Å². The summed E-state index contributed by atoms with van der Waals surface area (Å²) in [6.45, 7) is 0. The van der Waals surface area contributed by atoms with E-state index in [4.69, 9.17) is 9.84 Å². The summed E-state index contributed by atoms with van der Waals surface area (Å²) in [7, 11) is 1.53. The molecule has 0 spiro atoms. The lowest BCUT2D eigenvalue weighted by atomic mass is 9.95. The molecule has 7 nitrogen and oxygen atoms in total. The Labute approximate surface area is 183 Å². The largest absolute Gasteiger partial charge is 0.507 e. The summed E-state index contributed by atoms with van der Waals surface area (Å²) in [6.07, 6.45) is 0. The Bertz CT molecular complexity index is 1210. The van der Waals surface area contributed by atoms with Gasteiger partial charge in [0.2, 0.25) is 0 Å². The van der Waals surface area contributed by atoms with Crippen molar-refractivity contribution in [3.8, 4) is 5.75 Å². The lowest BCUT2D eigenvalue weighted by molar-refractivity contribution is -0.132. The molecule has 2 N–H and O–H groups in total. The maximum atomic E-state index is 13.1. The first-order chi connectivity index (χ1) is 15.4. The number of benzene rings is 3. The first-order valence-electron chi connectivity index (χ1n) is 9.76. The van der Waals surface area contributed by atoms with Crippen LogP contribution in [0, 0.1) is 0 Å². The third-order valence-electron chi connectivity index (χ3n) is 5.32. The van der Waals surface area contributed by atoms with E-state index >= 15 is 0 Å². The normalized spacial score (nSPS) is 17.4. The zero-order valence-electron chi connectivity index (χ0n) is 17.1. The molecule has 4 rings (SSSR count). The van der Waals surface area contributed by atoms with Gasteiger partial charge in [-0.3, -0.25) is 14.5 Å². The minimum atomic E-state index is -1.10. The number of carbonyl (C=O) groups excluding carboxylic acids is 2. The number of aliphatic hydroxyl groups excluding tert-OH is 1. The van der Waals surface area contributed by atoms with Crippen LogP contribution in [0.3, 0.4) is 0 Å². The lowest BCUT2D eigenvalue weighted by Crippen LogP contribution is -2.29. The highest BCUT2D eigenvalue weighted by Crippen LogP contribution is 2.42. The molecule has 0 aromatic heterocycles. The zero-order valence-corrected chi connectivity index (χ0v) is 17.1. The highest BCUT2D eigenvalue weighted by molar-refractivity contribution is 6.51. The highest BCUT2D eigenvalue weighted by atomic mass is 16.5. The molecule has 1 heterocycles. The number of Topliss-reactive ketones (excluding diaryl/α,β-unsaturated/α-hetero) is 1. The monoisotopic (exact) mass is 429 g/mol. The second-order valence-electron chi connectivity index (χ2n) is 7.16. The van der Waals surface area contributed by atoms with Gasteiger partial charge in [-0.2, -0.15) is 0 Å². The van der Waals surface area contributed by atoms with Gasteiger partial charge >= 0.3 is 5.97 Å². The molecule has 3 aromatic rings. The van der Waals surface area contributed by atoms with Crippen LogP contribution in [-0.4, -0.2) is 35.0 Å². The standard InChI is InChI=1S/C25H19NO6/c1-32-19-13-9-15(10-14-19)21-20(22(27)16-5-3-2-4-6-16)23(28)24(29)26(21)18-11-7-17(8-12-18)25(30)31/h2-14,21,27H,1H3,(H,30,31)/t21-/m0/s1. The van der Waals surface area contributed by atoms with Crippen LogP contribution in [0.1, 0.15) is 27.5 Å². The van der Waals surface area contributed by atoms with Crippen LogP contribution in [0.4, 0.5) is 5.69 Å². The molecule has 32 heavy (non-hydrogen) atoms. The van der Waals surface area contributed by atoms with Gasteiger partial charge in [-0.25, -0.2) is 4.79 Å². The summed E-state index contributed by atoms with van der Waals surface area (Å²) in [5, 5.41) is 20.2. The van der Waals surface area contributed by atoms with Gasteiger partial charge in [0.25, 0.3) is 11.7 Å². The molecule has 1 aliphatic rings. The van der Waals surface area contributed by atoms with Crippen molar-refractivity contribution < 1.29 is 29.3 Å². The summed E-state index contributed by atoms with van der Waals surface area (Å²) >= 11 is 0. The quantitative estimate of drug-likeness (QED) is 0.361. The molecule has 1 fully saturated rings. The average Bonchev–Trinajstić information content (AvgIpc) is 3.09. The van der Waals surface area contributed by atoms with Gasteiger partial charge in [0.05, 0.1) is 24.3 Å². The highest BCUT2D eigenvalue weighted by Gasteiger charge is 2.47. The van der Waals surface area contributed by atoms with Crippen LogP contribution in [-0.2, 0) is 9.59 Å². The fourth-order valence-electron chi connectivity index (χ4n) is 3.72. The van der Waals surface area contributed by atoms with Gasteiger partial charge in [-0.1, -0.05) is 42.5 Å². The summed E-state index contributed by atoms with van der Waals surface area (Å²) in [5.74, 6) is -2.43. The van der Waals surface area contributed by atoms with Crippen LogP contribution in [0.5, 0.6) is 5.75 Å². The van der Waals surface area contributed by atoms with Crippen molar-refractivity contribution in [3.05, 3.63) is 101 Å². The number of carboxylic acid groups (broad SMARTS) is 1. The van der Waals surface area contributed by atoms with Crippen LogP contribution >= 0.6 is 0 Å². The van der Waals surface area contributed by atoms with Gasteiger partial charge < -0.3 is 14.9 Å². The van der Waals surface area contributed by atoms with E-state index in [1.165, 1.54) is 36.3 Å². The van der Waals surface area contributed by atoms with Crippen molar-refractivity contribution in [2.24, 2.45) is 0 Å². The molecule has 0 unspecified atom stereocenters. The molecular weight excluding hydrogens is 410 g/mol. The predicted molar refractivity (Wildman–Crippen MR) is 118 cm³/mol. The molecule has 1 saturated heterocycles. The molecule has 1 aliphatic heterocycles.